The molecule has 1 aromatic heterocycles. The minimum atomic E-state index is -4.39. The number of aldehydes is 1. The van der Waals surface area contributed by atoms with Crippen LogP contribution in [0.1, 0.15) is 65.0 Å². The maximum absolute atomic E-state index is 11.9. The molecule has 3 unspecified atom stereocenters. The van der Waals surface area contributed by atoms with Crippen LogP contribution in [0.2, 0.25) is 0 Å². The molecule has 10 heteroatoms. The Hall–Kier alpha value is -2.53. The van der Waals surface area contributed by atoms with Crippen molar-refractivity contribution in [3.63, 3.8) is 0 Å². The van der Waals surface area contributed by atoms with Gasteiger partial charge in [-0.1, -0.05) is 6.07 Å². The van der Waals surface area contributed by atoms with Crippen molar-refractivity contribution in [2.45, 2.75) is 70.4 Å². The maximum Gasteiger partial charge on any atom is 0.417 e. The van der Waals surface area contributed by atoms with Crippen LogP contribution in [-0.4, -0.2) is 97.6 Å². The fourth-order valence-corrected chi connectivity index (χ4v) is 6.17. The Bertz CT molecular complexity index is 1150. The number of fused-ring (bicyclic) bond motifs is 2. The van der Waals surface area contributed by atoms with Crippen LogP contribution in [0.5, 0.6) is 5.75 Å². The van der Waals surface area contributed by atoms with Crippen molar-refractivity contribution < 1.29 is 27.4 Å². The first-order chi connectivity index (χ1) is 19.5. The highest BCUT2D eigenvalue weighted by Crippen LogP contribution is 2.38. The second kappa shape index (κ2) is 13.6. The first-order valence-electron chi connectivity index (χ1n) is 14.4. The van der Waals surface area contributed by atoms with Gasteiger partial charge in [-0.2, -0.15) is 13.2 Å². The lowest BCUT2D eigenvalue weighted by atomic mass is 9.96. The van der Waals surface area contributed by atoms with Gasteiger partial charge < -0.3 is 19.3 Å². The Morgan fingerprint density at radius 1 is 1.17 bits per heavy atom. The summed E-state index contributed by atoms with van der Waals surface area (Å²) >= 11 is 0. The number of hydrogen-bond donors (Lipinski definition) is 0. The summed E-state index contributed by atoms with van der Waals surface area (Å²) in [7, 11) is 4.47. The number of likely N-dealkylation sites (N-methyl/N-ethyl adjacent to an activating group) is 2. The van der Waals surface area contributed by atoms with E-state index < -0.39 is 11.7 Å². The molecule has 3 fully saturated rings. The van der Waals surface area contributed by atoms with E-state index in [4.69, 9.17) is 9.47 Å². The number of pyridine rings is 1. The highest BCUT2D eigenvalue weighted by atomic mass is 19.4. The quantitative estimate of drug-likeness (QED) is 0.302. The Morgan fingerprint density at radius 3 is 2.51 bits per heavy atom. The van der Waals surface area contributed by atoms with Gasteiger partial charge in [-0.05, 0) is 89.0 Å². The normalized spacial score (nSPS) is 23.5. The number of aromatic nitrogens is 1. The van der Waals surface area contributed by atoms with Crippen molar-refractivity contribution in [1.29, 1.82) is 0 Å². The molecule has 7 nitrogen and oxygen atoms in total. The smallest absolute Gasteiger partial charge is 0.417 e. The van der Waals surface area contributed by atoms with E-state index in [-0.39, 0.29) is 5.69 Å². The zero-order valence-corrected chi connectivity index (χ0v) is 24.8. The third-order valence-electron chi connectivity index (χ3n) is 8.96. The van der Waals surface area contributed by atoms with Crippen LogP contribution in [0.15, 0.2) is 30.5 Å². The van der Waals surface area contributed by atoms with Gasteiger partial charge in [0.1, 0.15) is 11.4 Å². The summed E-state index contributed by atoms with van der Waals surface area (Å²) < 4.78 is 47.4. The molecule has 0 spiro atoms. The molecule has 226 valence electrons. The molecule has 3 aliphatic rings. The molecule has 4 atom stereocenters. The molecule has 1 aromatic carbocycles. The highest BCUT2D eigenvalue weighted by molar-refractivity contribution is 5.71. The number of alkyl halides is 3. The van der Waals surface area contributed by atoms with Gasteiger partial charge in [-0.25, -0.2) is 0 Å². The summed E-state index contributed by atoms with van der Waals surface area (Å²) in [6.45, 7) is 12.9. The van der Waals surface area contributed by atoms with E-state index in [1.54, 1.807) is 0 Å². The highest BCUT2D eigenvalue weighted by Gasteiger charge is 2.43. The van der Waals surface area contributed by atoms with Gasteiger partial charge in [0, 0.05) is 56.6 Å². The molecule has 3 saturated heterocycles. The molecule has 2 aromatic rings. The van der Waals surface area contributed by atoms with Crippen molar-refractivity contribution >= 4 is 6.29 Å². The van der Waals surface area contributed by atoms with Gasteiger partial charge in [0.2, 0.25) is 0 Å². The number of nitrogens with zero attached hydrogens (tertiary/aromatic N) is 4. The summed E-state index contributed by atoms with van der Waals surface area (Å²) in [5, 5.41) is 0. The second-order valence-electron chi connectivity index (χ2n) is 11.5. The van der Waals surface area contributed by atoms with Gasteiger partial charge in [-0.3, -0.25) is 14.7 Å². The van der Waals surface area contributed by atoms with E-state index >= 15 is 0 Å². The van der Waals surface area contributed by atoms with Gasteiger partial charge in [0.05, 0.1) is 18.8 Å². The molecule has 0 N–H and O–H groups in total. The van der Waals surface area contributed by atoms with E-state index in [9.17, 15) is 18.0 Å². The molecule has 3 aliphatic heterocycles. The van der Waals surface area contributed by atoms with Gasteiger partial charge in [0.25, 0.3) is 0 Å². The SMILES string of the molecule is Cc1c(OCCCN(C)C2CCOC2)ccc([C@H](C)N2CC3CC2CN3C)c1C.O=Cc1ccc(C(F)(F)F)cn1. The van der Waals surface area contributed by atoms with Gasteiger partial charge >= 0.3 is 6.18 Å². The third kappa shape index (κ3) is 7.66. The molecular weight excluding hydrogens is 533 g/mol. The molecular formula is C31H43F3N4O3. The summed E-state index contributed by atoms with van der Waals surface area (Å²) in [5.41, 5.74) is 3.29. The predicted octanol–water partition coefficient (Wildman–Crippen LogP) is 5.16. The lowest BCUT2D eigenvalue weighted by Gasteiger charge is -2.37. The van der Waals surface area contributed by atoms with Crippen LogP contribution in [-0.2, 0) is 10.9 Å². The van der Waals surface area contributed by atoms with Crippen LogP contribution in [0, 0.1) is 13.8 Å². The number of carbonyl (C=O) groups is 1. The van der Waals surface area contributed by atoms with Crippen LogP contribution >= 0.6 is 0 Å². The van der Waals surface area contributed by atoms with Crippen LogP contribution in [0.4, 0.5) is 13.2 Å². The summed E-state index contributed by atoms with van der Waals surface area (Å²) in [4.78, 5) is 21.0. The average molecular weight is 577 g/mol. The molecule has 41 heavy (non-hydrogen) atoms. The fourth-order valence-electron chi connectivity index (χ4n) is 6.17. The molecule has 0 aliphatic carbocycles. The van der Waals surface area contributed by atoms with Crippen molar-refractivity contribution in [2.24, 2.45) is 0 Å². The number of piperazine rings is 1. The number of hydrogen-bond acceptors (Lipinski definition) is 7. The Balaban J connectivity index is 0.000000271. The molecule has 0 amide bonds. The van der Waals surface area contributed by atoms with Crippen molar-refractivity contribution in [1.82, 2.24) is 19.7 Å². The summed E-state index contributed by atoms with van der Waals surface area (Å²) in [6.07, 6.45) is 0.165. The zero-order chi connectivity index (χ0) is 29.7. The predicted molar refractivity (Wildman–Crippen MR) is 152 cm³/mol. The number of ether oxygens (including phenoxy) is 2. The van der Waals surface area contributed by atoms with Crippen molar-refractivity contribution in [3.05, 3.63) is 58.4 Å². The standard InChI is InChI=1S/C24H39N3O2.C7H4F3NO/c1-17-18(2)24(29-11-6-10-25(4)20-9-12-28-16-20)8-7-23(17)19(3)27-15-21-13-22(27)14-26(21)5;8-7(9,10)5-1-2-6(4-12)11-3-5/h7-8,19-22H,6,9-16H2,1-5H3;1-4H/t19-,20?,21?,22?;/m0./s1. The Kier molecular flexibility index (Phi) is 10.4. The number of likely N-dealkylation sites (tertiary alicyclic amines) is 2. The Labute approximate surface area is 241 Å². The van der Waals surface area contributed by atoms with E-state index in [2.05, 4.69) is 66.7 Å². The topological polar surface area (TPSA) is 58.1 Å². The first-order valence-corrected chi connectivity index (χ1v) is 14.4. The number of benzene rings is 1. The van der Waals surface area contributed by atoms with E-state index in [1.807, 2.05) is 0 Å². The number of carbonyl (C=O) groups excluding carboxylic acids is 1. The number of rotatable bonds is 9. The molecule has 5 rings (SSSR count). The first kappa shape index (κ1) is 31.4. The second-order valence-corrected chi connectivity index (χ2v) is 11.5. The number of halogens is 3. The van der Waals surface area contributed by atoms with Crippen LogP contribution < -0.4 is 4.74 Å². The minimum Gasteiger partial charge on any atom is -0.493 e. The van der Waals surface area contributed by atoms with Crippen LogP contribution in [0.25, 0.3) is 0 Å². The molecule has 0 saturated carbocycles. The fraction of sp³-hybridized carbons (Fsp3) is 0.613. The monoisotopic (exact) mass is 576 g/mol. The van der Waals surface area contributed by atoms with E-state index in [0.29, 0.717) is 24.6 Å². The lowest BCUT2D eigenvalue weighted by Crippen LogP contribution is -2.45. The molecule has 2 bridgehead atoms. The minimum absolute atomic E-state index is 0.0111. The molecule has 0 radical (unpaired) electrons. The third-order valence-corrected chi connectivity index (χ3v) is 8.96. The van der Waals surface area contributed by atoms with E-state index in [0.717, 1.165) is 69.2 Å². The van der Waals surface area contributed by atoms with E-state index in [1.165, 1.54) is 36.2 Å². The zero-order valence-electron chi connectivity index (χ0n) is 24.8. The van der Waals surface area contributed by atoms with Crippen molar-refractivity contribution in [2.75, 3.05) is 53.6 Å². The summed E-state index contributed by atoms with van der Waals surface area (Å²) in [5.74, 6) is 1.05. The van der Waals surface area contributed by atoms with Crippen LogP contribution in [0.3, 0.4) is 0 Å². The van der Waals surface area contributed by atoms with Crippen molar-refractivity contribution in [3.8, 4) is 5.75 Å². The maximum atomic E-state index is 11.9. The summed E-state index contributed by atoms with van der Waals surface area (Å²) in [6, 6.07) is 8.88. The largest absolute Gasteiger partial charge is 0.493 e. The van der Waals surface area contributed by atoms with Gasteiger partial charge in [0.15, 0.2) is 6.29 Å². The lowest BCUT2D eigenvalue weighted by molar-refractivity contribution is -0.137. The van der Waals surface area contributed by atoms with Gasteiger partial charge in [-0.15, -0.1) is 0 Å². The average Bonchev–Trinajstić information content (AvgIpc) is 3.71. The molecule has 4 heterocycles. The Morgan fingerprint density at radius 2 is 1.95 bits per heavy atom.